The topological polar surface area (TPSA) is 39.1 Å². The number of ether oxygens (including phenoxy) is 1. The summed E-state index contributed by atoms with van der Waals surface area (Å²) in [6.45, 7) is 7.25. The number of nitrogens with zero attached hydrogens (tertiary/aromatic N) is 2. The van der Waals surface area contributed by atoms with E-state index < -0.39 is 0 Å². The fourth-order valence-electron chi connectivity index (χ4n) is 2.64. The summed E-state index contributed by atoms with van der Waals surface area (Å²) in [5, 5.41) is 8.10. The first kappa shape index (κ1) is 15.6. The molecular formula is C17H25N3O. The van der Waals surface area contributed by atoms with Crippen LogP contribution < -0.4 is 10.1 Å². The second-order valence-corrected chi connectivity index (χ2v) is 5.47. The maximum atomic E-state index is 5.56. The number of rotatable bonds is 6. The number of aromatic nitrogens is 2. The Morgan fingerprint density at radius 1 is 1.29 bits per heavy atom. The fourth-order valence-corrected chi connectivity index (χ4v) is 2.64. The van der Waals surface area contributed by atoms with Crippen LogP contribution in [0.4, 0.5) is 0 Å². The minimum absolute atomic E-state index is 0.0889. The lowest BCUT2D eigenvalue weighted by molar-refractivity contribution is 0.402. The van der Waals surface area contributed by atoms with Gasteiger partial charge >= 0.3 is 0 Å². The molecule has 21 heavy (non-hydrogen) atoms. The fraction of sp³-hybridized carbons (Fsp3) is 0.471. The molecule has 0 aliphatic rings. The molecule has 0 aliphatic carbocycles. The van der Waals surface area contributed by atoms with E-state index in [4.69, 9.17) is 4.74 Å². The zero-order valence-corrected chi connectivity index (χ0v) is 13.6. The monoisotopic (exact) mass is 287 g/mol. The Bertz CT molecular complexity index is 604. The molecule has 1 unspecified atom stereocenters. The van der Waals surface area contributed by atoms with Gasteiger partial charge in [-0.3, -0.25) is 4.68 Å². The molecule has 4 heteroatoms. The third kappa shape index (κ3) is 3.45. The molecule has 1 aromatic carbocycles. The molecule has 1 heterocycles. The first-order valence-electron chi connectivity index (χ1n) is 7.45. The second kappa shape index (κ2) is 6.76. The first-order valence-corrected chi connectivity index (χ1v) is 7.45. The van der Waals surface area contributed by atoms with Crippen LogP contribution in [-0.4, -0.2) is 23.4 Å². The van der Waals surface area contributed by atoms with Crippen molar-refractivity contribution in [3.8, 4) is 5.75 Å². The molecule has 0 aliphatic heterocycles. The minimum Gasteiger partial charge on any atom is -0.496 e. The van der Waals surface area contributed by atoms with Crippen LogP contribution in [0.3, 0.4) is 0 Å². The van der Waals surface area contributed by atoms with Gasteiger partial charge in [0.05, 0.1) is 24.5 Å². The lowest BCUT2D eigenvalue weighted by Gasteiger charge is -2.22. The number of benzene rings is 1. The Kier molecular flexibility index (Phi) is 5.02. The van der Waals surface area contributed by atoms with E-state index in [1.54, 1.807) is 7.11 Å². The third-order valence-electron chi connectivity index (χ3n) is 3.63. The predicted octanol–water partition coefficient (Wildman–Crippen LogP) is 3.13. The highest BCUT2D eigenvalue weighted by atomic mass is 16.5. The van der Waals surface area contributed by atoms with E-state index in [-0.39, 0.29) is 6.04 Å². The number of hydrogen-bond acceptors (Lipinski definition) is 3. The van der Waals surface area contributed by atoms with Crippen LogP contribution >= 0.6 is 0 Å². The van der Waals surface area contributed by atoms with Gasteiger partial charge in [0.25, 0.3) is 0 Å². The summed E-state index contributed by atoms with van der Waals surface area (Å²) in [5.41, 5.74) is 4.58. The predicted molar refractivity (Wildman–Crippen MR) is 85.8 cm³/mol. The zero-order chi connectivity index (χ0) is 15.4. The maximum absolute atomic E-state index is 5.56. The molecular weight excluding hydrogens is 262 g/mol. The molecule has 1 atom stereocenters. The SMILES string of the molecule is CCCNC(c1cc(C)ccc1OC)c1cc(C)nn1C. The zero-order valence-electron chi connectivity index (χ0n) is 13.6. The van der Waals surface area contributed by atoms with E-state index in [2.05, 4.69) is 42.5 Å². The highest BCUT2D eigenvalue weighted by Gasteiger charge is 2.21. The van der Waals surface area contributed by atoms with Crippen molar-refractivity contribution < 1.29 is 4.74 Å². The second-order valence-electron chi connectivity index (χ2n) is 5.47. The molecule has 0 fully saturated rings. The summed E-state index contributed by atoms with van der Waals surface area (Å²) in [6.07, 6.45) is 1.08. The number of aryl methyl sites for hydroxylation is 3. The van der Waals surface area contributed by atoms with E-state index in [1.165, 1.54) is 5.56 Å². The average molecular weight is 287 g/mol. The lowest BCUT2D eigenvalue weighted by Crippen LogP contribution is -2.25. The van der Waals surface area contributed by atoms with Crippen molar-refractivity contribution in [2.24, 2.45) is 7.05 Å². The average Bonchev–Trinajstić information content (AvgIpc) is 2.78. The van der Waals surface area contributed by atoms with Gasteiger partial charge in [-0.25, -0.2) is 0 Å². The third-order valence-corrected chi connectivity index (χ3v) is 3.63. The number of nitrogens with one attached hydrogen (secondary N) is 1. The standard InChI is InChI=1S/C17H25N3O/c1-6-9-18-17(15-11-13(3)19-20(15)4)14-10-12(2)7-8-16(14)21-5/h7-8,10-11,17-18H,6,9H2,1-5H3. The molecule has 0 saturated carbocycles. The normalized spacial score (nSPS) is 12.4. The molecule has 0 bridgehead atoms. The molecule has 1 aromatic heterocycles. The van der Waals surface area contributed by atoms with Gasteiger partial charge in [0, 0.05) is 12.6 Å². The molecule has 4 nitrogen and oxygen atoms in total. The first-order chi connectivity index (χ1) is 10.1. The van der Waals surface area contributed by atoms with E-state index in [1.807, 2.05) is 24.7 Å². The van der Waals surface area contributed by atoms with Crippen molar-refractivity contribution in [1.29, 1.82) is 0 Å². The minimum atomic E-state index is 0.0889. The Labute approximate surface area is 127 Å². The molecule has 0 spiro atoms. The van der Waals surface area contributed by atoms with Crippen LogP contribution in [0.5, 0.6) is 5.75 Å². The molecule has 0 amide bonds. The smallest absolute Gasteiger partial charge is 0.124 e. The number of hydrogen-bond donors (Lipinski definition) is 1. The highest BCUT2D eigenvalue weighted by molar-refractivity contribution is 5.42. The summed E-state index contributed by atoms with van der Waals surface area (Å²) in [6, 6.07) is 8.53. The Morgan fingerprint density at radius 2 is 2.05 bits per heavy atom. The van der Waals surface area contributed by atoms with Crippen LogP contribution in [0, 0.1) is 13.8 Å². The summed E-state index contributed by atoms with van der Waals surface area (Å²) in [5.74, 6) is 0.910. The molecule has 2 rings (SSSR count). The Hall–Kier alpha value is -1.81. The molecule has 2 aromatic rings. The van der Waals surface area contributed by atoms with Gasteiger partial charge in [-0.15, -0.1) is 0 Å². The molecule has 1 N–H and O–H groups in total. The lowest BCUT2D eigenvalue weighted by atomic mass is 9.99. The highest BCUT2D eigenvalue weighted by Crippen LogP contribution is 2.31. The van der Waals surface area contributed by atoms with Gasteiger partial charge in [-0.05, 0) is 38.9 Å². The van der Waals surface area contributed by atoms with E-state index >= 15 is 0 Å². The number of methoxy groups -OCH3 is 1. The van der Waals surface area contributed by atoms with Gasteiger partial charge < -0.3 is 10.1 Å². The van der Waals surface area contributed by atoms with Crippen molar-refractivity contribution in [3.63, 3.8) is 0 Å². The molecule has 0 saturated heterocycles. The Morgan fingerprint density at radius 3 is 2.62 bits per heavy atom. The van der Waals surface area contributed by atoms with Crippen molar-refractivity contribution in [2.75, 3.05) is 13.7 Å². The van der Waals surface area contributed by atoms with Crippen LogP contribution in [-0.2, 0) is 7.05 Å². The van der Waals surface area contributed by atoms with Crippen molar-refractivity contribution >= 4 is 0 Å². The molecule has 0 radical (unpaired) electrons. The largest absolute Gasteiger partial charge is 0.496 e. The summed E-state index contributed by atoms with van der Waals surface area (Å²) >= 11 is 0. The summed E-state index contributed by atoms with van der Waals surface area (Å²) in [7, 11) is 3.71. The van der Waals surface area contributed by atoms with Gasteiger partial charge in [0.15, 0.2) is 0 Å². The van der Waals surface area contributed by atoms with Crippen LogP contribution in [0.1, 0.15) is 41.9 Å². The van der Waals surface area contributed by atoms with Crippen molar-refractivity contribution in [2.45, 2.75) is 33.2 Å². The van der Waals surface area contributed by atoms with Crippen molar-refractivity contribution in [1.82, 2.24) is 15.1 Å². The van der Waals surface area contributed by atoms with E-state index in [0.717, 1.165) is 35.7 Å². The van der Waals surface area contributed by atoms with Gasteiger partial charge in [-0.1, -0.05) is 24.6 Å². The maximum Gasteiger partial charge on any atom is 0.124 e. The molecule has 114 valence electrons. The van der Waals surface area contributed by atoms with Gasteiger partial charge in [0.2, 0.25) is 0 Å². The van der Waals surface area contributed by atoms with Gasteiger partial charge in [-0.2, -0.15) is 5.10 Å². The van der Waals surface area contributed by atoms with Crippen molar-refractivity contribution in [3.05, 3.63) is 46.8 Å². The van der Waals surface area contributed by atoms with E-state index in [9.17, 15) is 0 Å². The van der Waals surface area contributed by atoms with E-state index in [0.29, 0.717) is 0 Å². The van der Waals surface area contributed by atoms with Crippen LogP contribution in [0.15, 0.2) is 24.3 Å². The Balaban J connectivity index is 2.50. The van der Waals surface area contributed by atoms with Crippen LogP contribution in [0.25, 0.3) is 0 Å². The summed E-state index contributed by atoms with van der Waals surface area (Å²) < 4.78 is 7.51. The van der Waals surface area contributed by atoms with Crippen LogP contribution in [0.2, 0.25) is 0 Å². The quantitative estimate of drug-likeness (QED) is 0.887. The summed E-state index contributed by atoms with van der Waals surface area (Å²) in [4.78, 5) is 0. The van der Waals surface area contributed by atoms with Gasteiger partial charge in [0.1, 0.15) is 5.75 Å².